The zero-order valence-corrected chi connectivity index (χ0v) is 15.0. The molecule has 0 unspecified atom stereocenters. The molecule has 0 radical (unpaired) electrons. The molecule has 1 aromatic carbocycles. The van der Waals surface area contributed by atoms with Crippen LogP contribution in [0.15, 0.2) is 30.3 Å². The highest BCUT2D eigenvalue weighted by Gasteiger charge is 2.23. The van der Waals surface area contributed by atoms with Crippen molar-refractivity contribution in [3.05, 3.63) is 35.9 Å². The van der Waals surface area contributed by atoms with E-state index in [1.807, 2.05) is 37.3 Å². The lowest BCUT2D eigenvalue weighted by Crippen LogP contribution is -2.34. The normalized spacial score (nSPS) is 14.2. The van der Waals surface area contributed by atoms with Gasteiger partial charge >= 0.3 is 0 Å². The first-order valence-electron chi connectivity index (χ1n) is 8.74. The number of nitrogens with one attached hydrogen (secondary N) is 2. The summed E-state index contributed by atoms with van der Waals surface area (Å²) in [5.74, 6) is -0.329. The fourth-order valence-electron chi connectivity index (χ4n) is 2.54. The predicted molar refractivity (Wildman–Crippen MR) is 95.1 cm³/mol. The van der Waals surface area contributed by atoms with Crippen molar-refractivity contribution in [3.8, 4) is 0 Å². The maximum absolute atomic E-state index is 13.7. The molecule has 5 heteroatoms. The second kappa shape index (κ2) is 10.4. The molecule has 3 N–H and O–H groups in total. The lowest BCUT2D eigenvalue weighted by molar-refractivity contribution is -0.125. The maximum Gasteiger partial charge on any atom is 0.223 e. The van der Waals surface area contributed by atoms with Crippen molar-refractivity contribution < 1.29 is 14.3 Å². The van der Waals surface area contributed by atoms with Gasteiger partial charge in [0.1, 0.15) is 11.9 Å². The summed E-state index contributed by atoms with van der Waals surface area (Å²) in [6.45, 7) is 6.05. The molecular formula is C19H31FN2O2. The van der Waals surface area contributed by atoms with Gasteiger partial charge in [-0.2, -0.15) is 0 Å². The minimum atomic E-state index is -1.28. The van der Waals surface area contributed by atoms with Crippen molar-refractivity contribution in [1.29, 1.82) is 0 Å². The van der Waals surface area contributed by atoms with Crippen LogP contribution in [0.25, 0.3) is 0 Å². The number of hydrogen-bond donors (Lipinski definition) is 3. The van der Waals surface area contributed by atoms with E-state index in [-0.39, 0.29) is 11.8 Å². The van der Waals surface area contributed by atoms with Gasteiger partial charge in [-0.05, 0) is 52.0 Å². The number of rotatable bonds is 11. The van der Waals surface area contributed by atoms with Gasteiger partial charge in [-0.15, -0.1) is 0 Å². The van der Waals surface area contributed by atoms with Gasteiger partial charge in [0.15, 0.2) is 0 Å². The molecule has 0 saturated heterocycles. The number of halogens is 1. The molecule has 0 bridgehead atoms. The van der Waals surface area contributed by atoms with E-state index in [0.717, 1.165) is 5.56 Å². The topological polar surface area (TPSA) is 61.4 Å². The second-order valence-corrected chi connectivity index (χ2v) is 6.81. The Morgan fingerprint density at radius 1 is 1.21 bits per heavy atom. The standard InChI is InChI=1S/C19H31FN2O2/c1-4-21-18(24)16(12-13-19(2,3)20)10-11-17(23)22-14-15-8-6-5-7-9-15/h5-9,16-17,22-23H,4,10-14H2,1-3H3,(H,21,24)/t16-,17-/m0/s1. The van der Waals surface area contributed by atoms with E-state index < -0.39 is 11.9 Å². The van der Waals surface area contributed by atoms with E-state index >= 15 is 0 Å². The molecule has 1 aromatic rings. The average Bonchev–Trinajstić information content (AvgIpc) is 2.53. The highest BCUT2D eigenvalue weighted by Crippen LogP contribution is 2.23. The fraction of sp³-hybridized carbons (Fsp3) is 0.632. The Balaban J connectivity index is 2.42. The summed E-state index contributed by atoms with van der Waals surface area (Å²) in [4.78, 5) is 12.1. The van der Waals surface area contributed by atoms with Crippen LogP contribution in [0.4, 0.5) is 4.39 Å². The summed E-state index contributed by atoms with van der Waals surface area (Å²) >= 11 is 0. The van der Waals surface area contributed by atoms with Crippen molar-refractivity contribution in [2.24, 2.45) is 5.92 Å². The summed E-state index contributed by atoms with van der Waals surface area (Å²) in [5.41, 5.74) is -0.189. The Bertz CT molecular complexity index is 474. The Morgan fingerprint density at radius 2 is 1.88 bits per heavy atom. The average molecular weight is 338 g/mol. The summed E-state index contributed by atoms with van der Waals surface area (Å²) in [6.07, 6.45) is 1.13. The lowest BCUT2D eigenvalue weighted by atomic mass is 9.91. The molecule has 1 amide bonds. The van der Waals surface area contributed by atoms with Crippen molar-refractivity contribution in [1.82, 2.24) is 10.6 Å². The molecule has 2 atom stereocenters. The highest BCUT2D eigenvalue weighted by molar-refractivity contribution is 5.78. The van der Waals surface area contributed by atoms with Gasteiger partial charge in [-0.25, -0.2) is 4.39 Å². The smallest absolute Gasteiger partial charge is 0.223 e. The fourth-order valence-corrected chi connectivity index (χ4v) is 2.54. The third-order valence-electron chi connectivity index (χ3n) is 3.98. The zero-order chi connectivity index (χ0) is 18.0. The predicted octanol–water partition coefficient (Wildman–Crippen LogP) is 3.16. The number of alkyl halides is 1. The molecule has 4 nitrogen and oxygen atoms in total. The van der Waals surface area contributed by atoms with Crippen LogP contribution >= 0.6 is 0 Å². The molecular weight excluding hydrogens is 307 g/mol. The van der Waals surface area contributed by atoms with Gasteiger partial charge in [-0.3, -0.25) is 10.1 Å². The molecule has 0 saturated carbocycles. The molecule has 0 heterocycles. The van der Waals surface area contributed by atoms with Crippen molar-refractivity contribution in [2.75, 3.05) is 6.54 Å². The van der Waals surface area contributed by atoms with Gasteiger partial charge in [0.05, 0.1) is 0 Å². The lowest BCUT2D eigenvalue weighted by Gasteiger charge is -2.21. The minimum Gasteiger partial charge on any atom is -0.379 e. The van der Waals surface area contributed by atoms with Crippen molar-refractivity contribution in [3.63, 3.8) is 0 Å². The Hall–Kier alpha value is -1.46. The Morgan fingerprint density at radius 3 is 2.46 bits per heavy atom. The first-order valence-corrected chi connectivity index (χ1v) is 8.74. The van der Waals surface area contributed by atoms with E-state index in [2.05, 4.69) is 10.6 Å². The van der Waals surface area contributed by atoms with Crippen LogP contribution in [0.1, 0.15) is 52.0 Å². The highest BCUT2D eigenvalue weighted by atomic mass is 19.1. The SMILES string of the molecule is CCNC(=O)[C@@H](CC[C@H](O)NCc1ccccc1)CCC(C)(C)F. The Kier molecular flexibility index (Phi) is 8.93. The van der Waals surface area contributed by atoms with Gasteiger partial charge in [0.2, 0.25) is 5.91 Å². The minimum absolute atomic E-state index is 0.0583. The number of aliphatic hydroxyl groups excluding tert-OH is 1. The van der Waals surface area contributed by atoms with E-state index in [1.54, 1.807) is 0 Å². The van der Waals surface area contributed by atoms with Crippen LogP contribution in [0.3, 0.4) is 0 Å². The van der Waals surface area contributed by atoms with Crippen LogP contribution in [-0.4, -0.2) is 29.5 Å². The van der Waals surface area contributed by atoms with Gasteiger partial charge in [0, 0.05) is 19.0 Å². The maximum atomic E-state index is 13.7. The molecule has 1 rings (SSSR count). The molecule has 0 fully saturated rings. The quantitative estimate of drug-likeness (QED) is 0.543. The first kappa shape index (κ1) is 20.6. The van der Waals surface area contributed by atoms with Crippen LogP contribution < -0.4 is 10.6 Å². The van der Waals surface area contributed by atoms with Crippen LogP contribution in [0.5, 0.6) is 0 Å². The zero-order valence-electron chi connectivity index (χ0n) is 15.0. The van der Waals surface area contributed by atoms with Gasteiger partial charge < -0.3 is 10.4 Å². The number of amides is 1. The Labute approximate surface area is 144 Å². The monoisotopic (exact) mass is 338 g/mol. The van der Waals surface area contributed by atoms with Crippen LogP contribution in [0.2, 0.25) is 0 Å². The summed E-state index contributed by atoms with van der Waals surface area (Å²) in [7, 11) is 0. The molecule has 0 aromatic heterocycles. The van der Waals surface area contributed by atoms with Crippen molar-refractivity contribution in [2.45, 2.75) is 64.9 Å². The largest absolute Gasteiger partial charge is 0.379 e. The summed E-state index contributed by atoms with van der Waals surface area (Å²) < 4.78 is 13.7. The van der Waals surface area contributed by atoms with Gasteiger partial charge in [0.25, 0.3) is 0 Å². The number of aliphatic hydroxyl groups is 1. The van der Waals surface area contributed by atoms with Crippen molar-refractivity contribution >= 4 is 5.91 Å². The molecule has 0 aliphatic rings. The van der Waals surface area contributed by atoms with E-state index in [9.17, 15) is 14.3 Å². The van der Waals surface area contributed by atoms with E-state index in [4.69, 9.17) is 0 Å². The van der Waals surface area contributed by atoms with Gasteiger partial charge in [-0.1, -0.05) is 30.3 Å². The number of carbonyl (C=O) groups is 1. The van der Waals surface area contributed by atoms with E-state index in [1.165, 1.54) is 13.8 Å². The molecule has 0 aliphatic heterocycles. The summed E-state index contributed by atoms with van der Waals surface area (Å²) in [6, 6.07) is 9.82. The third-order valence-corrected chi connectivity index (χ3v) is 3.98. The van der Waals surface area contributed by atoms with Crippen LogP contribution in [0, 0.1) is 5.92 Å². The molecule has 0 spiro atoms. The summed E-state index contributed by atoms with van der Waals surface area (Å²) in [5, 5.41) is 15.9. The number of carbonyl (C=O) groups excluding carboxylic acids is 1. The number of benzene rings is 1. The second-order valence-electron chi connectivity index (χ2n) is 6.81. The molecule has 136 valence electrons. The number of hydrogen-bond acceptors (Lipinski definition) is 3. The van der Waals surface area contributed by atoms with E-state index in [0.29, 0.717) is 38.8 Å². The van der Waals surface area contributed by atoms with Crippen LogP contribution in [-0.2, 0) is 11.3 Å². The first-order chi connectivity index (χ1) is 11.3. The molecule has 0 aliphatic carbocycles. The third kappa shape index (κ3) is 8.99. The molecule has 24 heavy (non-hydrogen) atoms.